The standard InChI is InChI=1S/C13H14N2O2/c16-12-4-2-1-3-10(12)11-8-17-13(15-11)5-9-6-14-7-9/h1-4,8-9,14,16H,5-7H2. The number of hydrogen-bond donors (Lipinski definition) is 2. The van der Waals surface area contributed by atoms with Gasteiger partial charge in [0.2, 0.25) is 0 Å². The summed E-state index contributed by atoms with van der Waals surface area (Å²) < 4.78 is 5.43. The van der Waals surface area contributed by atoms with Gasteiger partial charge in [-0.15, -0.1) is 0 Å². The van der Waals surface area contributed by atoms with Gasteiger partial charge in [0, 0.05) is 12.0 Å². The first-order chi connectivity index (χ1) is 8.33. The van der Waals surface area contributed by atoms with Gasteiger partial charge in [0.05, 0.1) is 0 Å². The molecule has 0 aliphatic carbocycles. The van der Waals surface area contributed by atoms with Crippen LogP contribution < -0.4 is 5.32 Å². The van der Waals surface area contributed by atoms with Crippen molar-refractivity contribution in [2.24, 2.45) is 5.92 Å². The molecule has 88 valence electrons. The normalized spacial score (nSPS) is 15.8. The van der Waals surface area contributed by atoms with Crippen molar-refractivity contribution in [2.75, 3.05) is 13.1 Å². The molecule has 0 amide bonds. The molecular formula is C13H14N2O2. The van der Waals surface area contributed by atoms with Crippen LogP contribution in [0.25, 0.3) is 11.3 Å². The van der Waals surface area contributed by atoms with Gasteiger partial charge in [-0.1, -0.05) is 12.1 Å². The fourth-order valence-electron chi connectivity index (χ4n) is 1.96. The second-order valence-corrected chi connectivity index (χ2v) is 4.37. The van der Waals surface area contributed by atoms with E-state index in [1.807, 2.05) is 12.1 Å². The molecule has 1 fully saturated rings. The van der Waals surface area contributed by atoms with Crippen molar-refractivity contribution in [1.82, 2.24) is 10.3 Å². The van der Waals surface area contributed by atoms with Gasteiger partial charge in [-0.05, 0) is 31.1 Å². The van der Waals surface area contributed by atoms with Crippen molar-refractivity contribution in [1.29, 1.82) is 0 Å². The van der Waals surface area contributed by atoms with Crippen LogP contribution in [0.1, 0.15) is 5.89 Å². The van der Waals surface area contributed by atoms with Gasteiger partial charge >= 0.3 is 0 Å². The molecule has 2 aromatic rings. The van der Waals surface area contributed by atoms with Crippen molar-refractivity contribution in [3.05, 3.63) is 36.4 Å². The van der Waals surface area contributed by atoms with Crippen LogP contribution in [0.15, 0.2) is 34.9 Å². The lowest BCUT2D eigenvalue weighted by Gasteiger charge is -2.25. The van der Waals surface area contributed by atoms with E-state index in [9.17, 15) is 5.11 Å². The molecular weight excluding hydrogens is 216 g/mol. The summed E-state index contributed by atoms with van der Waals surface area (Å²) in [4.78, 5) is 4.41. The van der Waals surface area contributed by atoms with Crippen molar-refractivity contribution in [3.63, 3.8) is 0 Å². The number of nitrogens with zero attached hydrogens (tertiary/aromatic N) is 1. The van der Waals surface area contributed by atoms with Gasteiger partial charge in [0.15, 0.2) is 5.89 Å². The van der Waals surface area contributed by atoms with E-state index in [0.29, 0.717) is 17.2 Å². The molecule has 0 radical (unpaired) electrons. The van der Waals surface area contributed by atoms with Crippen molar-refractivity contribution >= 4 is 0 Å². The average molecular weight is 230 g/mol. The second kappa shape index (κ2) is 4.22. The monoisotopic (exact) mass is 230 g/mol. The summed E-state index contributed by atoms with van der Waals surface area (Å²) in [5, 5.41) is 12.9. The Morgan fingerprint density at radius 2 is 2.18 bits per heavy atom. The molecule has 3 rings (SSSR count). The summed E-state index contributed by atoms with van der Waals surface area (Å²) in [5.74, 6) is 1.61. The molecule has 17 heavy (non-hydrogen) atoms. The summed E-state index contributed by atoms with van der Waals surface area (Å²) in [5.41, 5.74) is 1.42. The highest BCUT2D eigenvalue weighted by Crippen LogP contribution is 2.28. The molecule has 0 bridgehead atoms. The third-order valence-corrected chi connectivity index (χ3v) is 3.06. The predicted molar refractivity (Wildman–Crippen MR) is 63.7 cm³/mol. The summed E-state index contributed by atoms with van der Waals surface area (Å²) in [6.45, 7) is 2.07. The fourth-order valence-corrected chi connectivity index (χ4v) is 1.96. The van der Waals surface area contributed by atoms with Crippen LogP contribution in [-0.4, -0.2) is 23.2 Å². The molecule has 4 heteroatoms. The van der Waals surface area contributed by atoms with Crippen molar-refractivity contribution < 1.29 is 9.52 Å². The van der Waals surface area contributed by atoms with E-state index in [1.54, 1.807) is 18.4 Å². The molecule has 2 heterocycles. The number of aromatic nitrogens is 1. The van der Waals surface area contributed by atoms with Crippen molar-refractivity contribution in [3.8, 4) is 17.0 Å². The van der Waals surface area contributed by atoms with E-state index in [1.165, 1.54) is 0 Å². The Kier molecular flexibility index (Phi) is 2.57. The number of hydrogen-bond acceptors (Lipinski definition) is 4. The Bertz CT molecular complexity index is 518. The highest BCUT2D eigenvalue weighted by molar-refractivity contribution is 5.65. The first-order valence-corrected chi connectivity index (χ1v) is 5.76. The van der Waals surface area contributed by atoms with Crippen LogP contribution in [0, 0.1) is 5.92 Å². The number of phenols is 1. The Morgan fingerprint density at radius 1 is 1.35 bits per heavy atom. The van der Waals surface area contributed by atoms with Gasteiger partial charge in [-0.25, -0.2) is 4.98 Å². The zero-order valence-electron chi connectivity index (χ0n) is 9.39. The maximum Gasteiger partial charge on any atom is 0.194 e. The van der Waals surface area contributed by atoms with Gasteiger partial charge in [0.1, 0.15) is 17.7 Å². The van der Waals surface area contributed by atoms with Crippen LogP contribution in [0.3, 0.4) is 0 Å². The first kappa shape index (κ1) is 10.4. The maximum atomic E-state index is 9.72. The lowest BCUT2D eigenvalue weighted by molar-refractivity contribution is 0.318. The number of nitrogens with one attached hydrogen (secondary N) is 1. The zero-order chi connectivity index (χ0) is 11.7. The average Bonchev–Trinajstić information content (AvgIpc) is 2.73. The lowest BCUT2D eigenvalue weighted by Crippen LogP contribution is -2.43. The van der Waals surface area contributed by atoms with E-state index in [0.717, 1.165) is 25.4 Å². The second-order valence-electron chi connectivity index (χ2n) is 4.37. The lowest BCUT2D eigenvalue weighted by atomic mass is 10.00. The fraction of sp³-hybridized carbons (Fsp3) is 0.308. The Morgan fingerprint density at radius 3 is 2.88 bits per heavy atom. The number of rotatable bonds is 3. The molecule has 0 saturated carbocycles. The van der Waals surface area contributed by atoms with Gasteiger partial charge in [0.25, 0.3) is 0 Å². The number of aromatic hydroxyl groups is 1. The van der Waals surface area contributed by atoms with E-state index < -0.39 is 0 Å². The van der Waals surface area contributed by atoms with Crippen LogP contribution in [0.4, 0.5) is 0 Å². The first-order valence-electron chi connectivity index (χ1n) is 5.76. The van der Waals surface area contributed by atoms with E-state index >= 15 is 0 Å². The van der Waals surface area contributed by atoms with Crippen LogP contribution in [0.2, 0.25) is 0 Å². The molecule has 1 aromatic carbocycles. The molecule has 2 N–H and O–H groups in total. The molecule has 4 nitrogen and oxygen atoms in total. The molecule has 1 aliphatic heterocycles. The third-order valence-electron chi connectivity index (χ3n) is 3.06. The Balaban J connectivity index is 1.82. The number of benzene rings is 1. The summed E-state index contributed by atoms with van der Waals surface area (Å²) in [7, 11) is 0. The minimum atomic E-state index is 0.234. The maximum absolute atomic E-state index is 9.72. The van der Waals surface area contributed by atoms with E-state index in [2.05, 4.69) is 10.3 Å². The number of phenolic OH excluding ortho intramolecular Hbond substituents is 1. The highest BCUT2D eigenvalue weighted by atomic mass is 16.3. The molecule has 1 aromatic heterocycles. The predicted octanol–water partition coefficient (Wildman–Crippen LogP) is 1.81. The highest BCUT2D eigenvalue weighted by Gasteiger charge is 2.20. The van der Waals surface area contributed by atoms with E-state index in [-0.39, 0.29) is 5.75 Å². The minimum absolute atomic E-state index is 0.234. The molecule has 0 atom stereocenters. The summed E-state index contributed by atoms with van der Waals surface area (Å²) in [6.07, 6.45) is 2.47. The quantitative estimate of drug-likeness (QED) is 0.844. The molecule has 1 saturated heterocycles. The van der Waals surface area contributed by atoms with Gasteiger partial charge in [-0.2, -0.15) is 0 Å². The summed E-state index contributed by atoms with van der Waals surface area (Å²) >= 11 is 0. The molecule has 0 unspecified atom stereocenters. The molecule has 1 aliphatic rings. The Hall–Kier alpha value is -1.81. The largest absolute Gasteiger partial charge is 0.507 e. The third kappa shape index (κ3) is 2.03. The molecule has 0 spiro atoms. The van der Waals surface area contributed by atoms with E-state index in [4.69, 9.17) is 4.42 Å². The number of para-hydroxylation sites is 1. The van der Waals surface area contributed by atoms with Crippen LogP contribution >= 0.6 is 0 Å². The van der Waals surface area contributed by atoms with Gasteiger partial charge in [-0.3, -0.25) is 0 Å². The smallest absolute Gasteiger partial charge is 0.194 e. The number of oxazole rings is 1. The summed E-state index contributed by atoms with van der Waals surface area (Å²) in [6, 6.07) is 7.15. The van der Waals surface area contributed by atoms with Crippen molar-refractivity contribution in [2.45, 2.75) is 6.42 Å². The zero-order valence-corrected chi connectivity index (χ0v) is 9.39. The van der Waals surface area contributed by atoms with Crippen LogP contribution in [0.5, 0.6) is 5.75 Å². The topological polar surface area (TPSA) is 58.3 Å². The van der Waals surface area contributed by atoms with Gasteiger partial charge < -0.3 is 14.8 Å². The Labute approximate surface area is 99.3 Å². The SMILES string of the molecule is Oc1ccccc1-c1coc(CC2CNC2)n1. The minimum Gasteiger partial charge on any atom is -0.507 e. The van der Waals surface area contributed by atoms with Crippen LogP contribution in [-0.2, 0) is 6.42 Å².